The normalized spacial score (nSPS) is 15.0. The minimum Gasteiger partial charge on any atom is -0.337 e. The predicted octanol–water partition coefficient (Wildman–Crippen LogP) is 4.37. The summed E-state index contributed by atoms with van der Waals surface area (Å²) in [4.78, 5) is 28.6. The SMILES string of the molecule is Cc1cc(C(=O)N2CCSCC2)ccc1NC(=O)C(C)n1c(-c2cccs2)n[nH]c1=S. The molecule has 1 saturated heterocycles. The van der Waals surface area contributed by atoms with Gasteiger partial charge in [-0.3, -0.25) is 19.3 Å². The summed E-state index contributed by atoms with van der Waals surface area (Å²) in [5.41, 5.74) is 2.16. The smallest absolute Gasteiger partial charge is 0.253 e. The monoisotopic (exact) mass is 473 g/mol. The van der Waals surface area contributed by atoms with E-state index in [2.05, 4.69) is 15.5 Å². The number of carbonyl (C=O) groups excluding carboxylic acids is 2. The molecule has 1 aliphatic rings. The van der Waals surface area contributed by atoms with Crippen molar-refractivity contribution in [3.63, 3.8) is 0 Å². The van der Waals surface area contributed by atoms with E-state index in [-0.39, 0.29) is 11.8 Å². The lowest BCUT2D eigenvalue weighted by molar-refractivity contribution is -0.118. The average Bonchev–Trinajstić information content (AvgIpc) is 3.44. The van der Waals surface area contributed by atoms with Gasteiger partial charge in [0.2, 0.25) is 5.91 Å². The maximum absolute atomic E-state index is 13.0. The molecule has 0 bridgehead atoms. The number of rotatable bonds is 5. The summed E-state index contributed by atoms with van der Waals surface area (Å²) < 4.78 is 2.11. The van der Waals surface area contributed by atoms with Gasteiger partial charge in [-0.25, -0.2) is 0 Å². The fourth-order valence-corrected chi connectivity index (χ4v) is 5.39. The Morgan fingerprint density at radius 2 is 2.03 bits per heavy atom. The maximum Gasteiger partial charge on any atom is 0.253 e. The van der Waals surface area contributed by atoms with Crippen LogP contribution in [0.3, 0.4) is 0 Å². The molecule has 2 aromatic heterocycles. The maximum atomic E-state index is 13.0. The molecule has 1 unspecified atom stereocenters. The number of anilines is 1. The first kappa shape index (κ1) is 21.8. The molecule has 0 radical (unpaired) electrons. The van der Waals surface area contributed by atoms with Crippen molar-refractivity contribution in [3.8, 4) is 10.7 Å². The van der Waals surface area contributed by atoms with Gasteiger partial charge in [-0.05, 0) is 61.3 Å². The summed E-state index contributed by atoms with van der Waals surface area (Å²) in [6, 6.07) is 8.72. The van der Waals surface area contributed by atoms with Crippen LogP contribution in [0.15, 0.2) is 35.7 Å². The topological polar surface area (TPSA) is 83.0 Å². The first-order valence-corrected chi connectivity index (χ1v) is 12.4. The fraction of sp³-hybridized carbons (Fsp3) is 0.333. The van der Waals surface area contributed by atoms with Gasteiger partial charge in [0.1, 0.15) is 6.04 Å². The Morgan fingerprint density at radius 1 is 1.26 bits per heavy atom. The van der Waals surface area contributed by atoms with E-state index in [1.54, 1.807) is 23.6 Å². The third-order valence-corrected chi connectivity index (χ3v) is 7.34. The quantitative estimate of drug-likeness (QED) is 0.538. The summed E-state index contributed by atoms with van der Waals surface area (Å²) in [7, 11) is 0. The molecular formula is C21H23N5O2S3. The Bertz CT molecular complexity index is 1150. The van der Waals surface area contributed by atoms with Gasteiger partial charge in [0.15, 0.2) is 10.6 Å². The van der Waals surface area contributed by atoms with Crippen molar-refractivity contribution in [1.82, 2.24) is 19.7 Å². The molecular weight excluding hydrogens is 450 g/mol. The van der Waals surface area contributed by atoms with Gasteiger partial charge in [-0.1, -0.05) is 6.07 Å². The Morgan fingerprint density at radius 3 is 2.71 bits per heavy atom. The molecule has 0 aliphatic carbocycles. The first-order chi connectivity index (χ1) is 15.0. The zero-order chi connectivity index (χ0) is 22.0. The van der Waals surface area contributed by atoms with Gasteiger partial charge in [0.05, 0.1) is 4.88 Å². The van der Waals surface area contributed by atoms with E-state index < -0.39 is 6.04 Å². The zero-order valence-corrected chi connectivity index (χ0v) is 19.7. The molecule has 2 amide bonds. The van der Waals surface area contributed by atoms with E-state index >= 15 is 0 Å². The summed E-state index contributed by atoms with van der Waals surface area (Å²) >= 11 is 8.77. The number of H-pyrrole nitrogens is 1. The molecule has 31 heavy (non-hydrogen) atoms. The summed E-state index contributed by atoms with van der Waals surface area (Å²) in [6.45, 7) is 5.23. The number of hydrogen-bond donors (Lipinski definition) is 2. The lowest BCUT2D eigenvalue weighted by Crippen LogP contribution is -2.37. The number of aryl methyl sites for hydroxylation is 1. The molecule has 4 rings (SSSR count). The highest BCUT2D eigenvalue weighted by atomic mass is 32.2. The second-order valence-corrected chi connectivity index (χ2v) is 9.86. The second-order valence-electron chi connectivity index (χ2n) is 7.30. The lowest BCUT2D eigenvalue weighted by Gasteiger charge is -2.26. The van der Waals surface area contributed by atoms with Gasteiger partial charge in [-0.2, -0.15) is 16.9 Å². The summed E-state index contributed by atoms with van der Waals surface area (Å²) in [6.07, 6.45) is 0. The van der Waals surface area contributed by atoms with Gasteiger partial charge >= 0.3 is 0 Å². The van der Waals surface area contributed by atoms with Crippen LogP contribution in [0.5, 0.6) is 0 Å². The molecule has 2 N–H and O–H groups in total. The van der Waals surface area contributed by atoms with Crippen LogP contribution in [0.25, 0.3) is 10.7 Å². The van der Waals surface area contributed by atoms with Crippen LogP contribution >= 0.6 is 35.3 Å². The number of aromatic nitrogens is 3. The Hall–Kier alpha value is -2.43. The van der Waals surface area contributed by atoms with Gasteiger partial charge < -0.3 is 10.2 Å². The van der Waals surface area contributed by atoms with Crippen molar-refractivity contribution in [3.05, 3.63) is 51.6 Å². The fourth-order valence-electron chi connectivity index (χ4n) is 3.48. The largest absolute Gasteiger partial charge is 0.337 e. The van der Waals surface area contributed by atoms with E-state index in [1.165, 1.54) is 11.3 Å². The van der Waals surface area contributed by atoms with Gasteiger partial charge in [-0.15, -0.1) is 11.3 Å². The number of thioether (sulfide) groups is 1. The van der Waals surface area contributed by atoms with E-state index in [1.807, 2.05) is 47.2 Å². The number of benzene rings is 1. The number of carbonyl (C=O) groups is 2. The molecule has 3 aromatic rings. The number of nitrogens with one attached hydrogen (secondary N) is 2. The van der Waals surface area contributed by atoms with E-state index in [0.717, 1.165) is 35.0 Å². The molecule has 1 atom stereocenters. The van der Waals surface area contributed by atoms with Crippen molar-refractivity contribution in [2.24, 2.45) is 0 Å². The molecule has 0 spiro atoms. The minimum absolute atomic E-state index is 0.0416. The predicted molar refractivity (Wildman–Crippen MR) is 128 cm³/mol. The van der Waals surface area contributed by atoms with Crippen molar-refractivity contribution in [2.45, 2.75) is 19.9 Å². The van der Waals surface area contributed by atoms with Crippen LogP contribution in [0.2, 0.25) is 0 Å². The number of hydrogen-bond acceptors (Lipinski definition) is 6. The number of nitrogens with zero attached hydrogens (tertiary/aromatic N) is 3. The highest BCUT2D eigenvalue weighted by Crippen LogP contribution is 2.27. The molecule has 1 aromatic carbocycles. The first-order valence-electron chi connectivity index (χ1n) is 9.95. The van der Waals surface area contributed by atoms with Crippen molar-refractivity contribution >= 4 is 52.8 Å². The average molecular weight is 474 g/mol. The number of aromatic amines is 1. The van der Waals surface area contributed by atoms with E-state index in [9.17, 15) is 9.59 Å². The van der Waals surface area contributed by atoms with Gasteiger partial charge in [0, 0.05) is 35.8 Å². The highest BCUT2D eigenvalue weighted by Gasteiger charge is 2.23. The molecule has 3 heterocycles. The third kappa shape index (κ3) is 4.60. The van der Waals surface area contributed by atoms with Crippen LogP contribution in [0, 0.1) is 11.7 Å². The Balaban J connectivity index is 1.51. The second kappa shape index (κ2) is 9.37. The number of amides is 2. The summed E-state index contributed by atoms with van der Waals surface area (Å²) in [5, 5.41) is 12.0. The summed E-state index contributed by atoms with van der Waals surface area (Å²) in [5.74, 6) is 2.42. The standard InChI is InChI=1S/C21H23N5O2S3/c1-13-12-15(20(28)25-7-10-30-11-8-25)5-6-16(13)22-19(27)14(2)26-18(23-24-21(26)29)17-4-3-9-31-17/h3-6,9,12,14H,7-8,10-11H2,1-2H3,(H,22,27)(H,24,29). The third-order valence-electron chi connectivity index (χ3n) is 5.24. The van der Waals surface area contributed by atoms with Crippen molar-refractivity contribution in [1.29, 1.82) is 0 Å². The van der Waals surface area contributed by atoms with E-state index in [0.29, 0.717) is 21.8 Å². The number of thiophene rings is 1. The van der Waals surface area contributed by atoms with Crippen molar-refractivity contribution in [2.75, 3.05) is 29.9 Å². The molecule has 0 saturated carbocycles. The Labute approximate surface area is 193 Å². The van der Waals surface area contributed by atoms with Crippen molar-refractivity contribution < 1.29 is 9.59 Å². The molecule has 7 nitrogen and oxygen atoms in total. The van der Waals surface area contributed by atoms with Crippen LogP contribution < -0.4 is 5.32 Å². The Kier molecular flexibility index (Phi) is 6.59. The van der Waals surface area contributed by atoms with Gasteiger partial charge in [0.25, 0.3) is 5.91 Å². The zero-order valence-electron chi connectivity index (χ0n) is 17.3. The van der Waals surface area contributed by atoms with Crippen LogP contribution in [0.1, 0.15) is 28.9 Å². The molecule has 10 heteroatoms. The minimum atomic E-state index is -0.560. The van der Waals surface area contributed by atoms with E-state index in [4.69, 9.17) is 12.2 Å². The molecule has 1 fully saturated rings. The molecule has 1 aliphatic heterocycles. The van der Waals surface area contributed by atoms with Crippen LogP contribution in [-0.2, 0) is 4.79 Å². The lowest BCUT2D eigenvalue weighted by atomic mass is 10.1. The van der Waals surface area contributed by atoms with Crippen LogP contribution in [0.4, 0.5) is 5.69 Å². The molecule has 162 valence electrons. The highest BCUT2D eigenvalue weighted by molar-refractivity contribution is 7.99. The van der Waals surface area contributed by atoms with Crippen LogP contribution in [-0.4, -0.2) is 56.1 Å².